The van der Waals surface area contributed by atoms with Gasteiger partial charge in [0.2, 0.25) is 11.8 Å². The van der Waals surface area contributed by atoms with E-state index >= 15 is 0 Å². The zero-order chi connectivity index (χ0) is 22.5. The standard InChI is InChI=1S/C24H26ClN3O4/c1-16(29)26-20-4-5-22(21(25)12-20)27-24(30)14-28-7-9-31-15-18(13-28)10-17-2-3-19-6-8-32-23(19)11-17/h2-6,8,11-12,18H,7,9-10,13-15H2,1H3,(H,26,29)(H,27,30). The number of rotatable bonds is 6. The van der Waals surface area contributed by atoms with E-state index < -0.39 is 0 Å². The van der Waals surface area contributed by atoms with Gasteiger partial charge in [-0.1, -0.05) is 23.7 Å². The van der Waals surface area contributed by atoms with E-state index in [9.17, 15) is 9.59 Å². The summed E-state index contributed by atoms with van der Waals surface area (Å²) in [6.07, 6.45) is 2.55. The number of furan rings is 1. The molecule has 8 heteroatoms. The predicted octanol–water partition coefficient (Wildman–Crippen LogP) is 4.17. The van der Waals surface area contributed by atoms with Gasteiger partial charge in [-0.2, -0.15) is 0 Å². The maximum absolute atomic E-state index is 12.7. The fraction of sp³-hybridized carbons (Fsp3) is 0.333. The Balaban J connectivity index is 1.34. The van der Waals surface area contributed by atoms with Crippen LogP contribution in [0.4, 0.5) is 11.4 Å². The summed E-state index contributed by atoms with van der Waals surface area (Å²) >= 11 is 6.27. The van der Waals surface area contributed by atoms with Gasteiger partial charge in [-0.15, -0.1) is 0 Å². The molecule has 2 amide bonds. The van der Waals surface area contributed by atoms with Crippen LogP contribution in [0.25, 0.3) is 11.0 Å². The predicted molar refractivity (Wildman–Crippen MR) is 125 cm³/mol. The first-order valence-electron chi connectivity index (χ1n) is 10.6. The van der Waals surface area contributed by atoms with E-state index in [4.69, 9.17) is 20.8 Å². The van der Waals surface area contributed by atoms with Gasteiger partial charge in [0.25, 0.3) is 0 Å². The van der Waals surface area contributed by atoms with Crippen molar-refractivity contribution in [3.05, 3.63) is 59.3 Å². The van der Waals surface area contributed by atoms with Gasteiger partial charge in [0.15, 0.2) is 0 Å². The minimum atomic E-state index is -0.181. The van der Waals surface area contributed by atoms with Crippen LogP contribution < -0.4 is 10.6 Å². The van der Waals surface area contributed by atoms with Crippen LogP contribution in [0.1, 0.15) is 12.5 Å². The molecular formula is C24H26ClN3O4. The number of ether oxygens (including phenoxy) is 1. The lowest BCUT2D eigenvalue weighted by atomic mass is 9.99. The first kappa shape index (κ1) is 22.3. The summed E-state index contributed by atoms with van der Waals surface area (Å²) in [6, 6.07) is 13.2. The third-order valence-corrected chi connectivity index (χ3v) is 5.71. The number of carbonyl (C=O) groups is 2. The number of fused-ring (bicyclic) bond motifs is 1. The van der Waals surface area contributed by atoms with Gasteiger partial charge in [0.1, 0.15) is 5.58 Å². The van der Waals surface area contributed by atoms with Crippen molar-refractivity contribution in [3.63, 3.8) is 0 Å². The summed E-state index contributed by atoms with van der Waals surface area (Å²) in [5, 5.41) is 6.99. The number of nitrogens with zero attached hydrogens (tertiary/aromatic N) is 1. The van der Waals surface area contributed by atoms with Crippen molar-refractivity contribution in [2.75, 3.05) is 43.5 Å². The van der Waals surface area contributed by atoms with E-state index in [1.165, 1.54) is 12.5 Å². The van der Waals surface area contributed by atoms with Crippen molar-refractivity contribution in [2.45, 2.75) is 13.3 Å². The van der Waals surface area contributed by atoms with E-state index in [1.54, 1.807) is 24.5 Å². The second-order valence-electron chi connectivity index (χ2n) is 8.10. The molecule has 0 spiro atoms. The van der Waals surface area contributed by atoms with Crippen molar-refractivity contribution in [3.8, 4) is 0 Å². The molecule has 7 nitrogen and oxygen atoms in total. The summed E-state index contributed by atoms with van der Waals surface area (Å²) in [7, 11) is 0. The average Bonchev–Trinajstić information content (AvgIpc) is 3.09. The summed E-state index contributed by atoms with van der Waals surface area (Å²) in [5.74, 6) is -0.0464. The SMILES string of the molecule is CC(=O)Nc1ccc(NC(=O)CN2CCOCC(Cc3ccc4ccoc4c3)C2)c(Cl)c1. The van der Waals surface area contributed by atoms with Crippen LogP contribution in [0, 0.1) is 5.92 Å². The molecule has 0 bridgehead atoms. The van der Waals surface area contributed by atoms with Crippen molar-refractivity contribution < 1.29 is 18.7 Å². The van der Waals surface area contributed by atoms with Gasteiger partial charge in [-0.25, -0.2) is 0 Å². The number of halogens is 1. The highest BCUT2D eigenvalue weighted by molar-refractivity contribution is 6.34. The van der Waals surface area contributed by atoms with Gasteiger partial charge in [0.05, 0.1) is 36.7 Å². The van der Waals surface area contributed by atoms with E-state index in [0.29, 0.717) is 36.2 Å². The fourth-order valence-electron chi connectivity index (χ4n) is 3.97. The maximum atomic E-state index is 12.7. The first-order valence-corrected chi connectivity index (χ1v) is 11.0. The van der Waals surface area contributed by atoms with Crippen LogP contribution >= 0.6 is 11.6 Å². The number of amides is 2. The number of nitrogens with one attached hydrogen (secondary N) is 2. The number of hydrogen-bond acceptors (Lipinski definition) is 5. The molecule has 0 saturated carbocycles. The second-order valence-corrected chi connectivity index (χ2v) is 8.50. The molecule has 1 aromatic heterocycles. The van der Waals surface area contributed by atoms with Gasteiger partial charge < -0.3 is 19.8 Å². The van der Waals surface area contributed by atoms with Crippen molar-refractivity contribution in [2.24, 2.45) is 5.92 Å². The molecule has 1 aliphatic rings. The van der Waals surface area contributed by atoms with Crippen LogP contribution in [0.3, 0.4) is 0 Å². The summed E-state index contributed by atoms with van der Waals surface area (Å²) in [4.78, 5) is 25.9. The van der Waals surface area contributed by atoms with Crippen LogP contribution in [-0.4, -0.2) is 49.6 Å². The molecule has 1 fully saturated rings. The molecule has 0 radical (unpaired) electrons. The molecule has 2 N–H and O–H groups in total. The highest BCUT2D eigenvalue weighted by atomic mass is 35.5. The lowest BCUT2D eigenvalue weighted by Crippen LogP contribution is -2.37. The Morgan fingerprint density at radius 2 is 2.03 bits per heavy atom. The smallest absolute Gasteiger partial charge is 0.238 e. The summed E-state index contributed by atoms with van der Waals surface area (Å²) in [5.41, 5.74) is 3.17. The second kappa shape index (κ2) is 10.2. The van der Waals surface area contributed by atoms with Gasteiger partial charge in [-0.3, -0.25) is 14.5 Å². The molecular weight excluding hydrogens is 430 g/mol. The van der Waals surface area contributed by atoms with Crippen LogP contribution in [-0.2, 0) is 20.7 Å². The quantitative estimate of drug-likeness (QED) is 0.582. The Morgan fingerprint density at radius 1 is 1.16 bits per heavy atom. The van der Waals surface area contributed by atoms with Gasteiger partial charge in [0, 0.05) is 31.1 Å². The molecule has 1 atom stereocenters. The van der Waals surface area contributed by atoms with E-state index in [0.717, 1.165) is 23.9 Å². The van der Waals surface area contributed by atoms with Crippen LogP contribution in [0.5, 0.6) is 0 Å². The molecule has 4 rings (SSSR count). The largest absolute Gasteiger partial charge is 0.464 e. The number of hydrogen-bond donors (Lipinski definition) is 2. The Labute approximate surface area is 191 Å². The monoisotopic (exact) mass is 455 g/mol. The highest BCUT2D eigenvalue weighted by Crippen LogP contribution is 2.26. The lowest BCUT2D eigenvalue weighted by Gasteiger charge is -2.23. The Kier molecular flexibility index (Phi) is 7.09. The molecule has 1 saturated heterocycles. The normalized spacial score (nSPS) is 17.1. The van der Waals surface area contributed by atoms with Crippen molar-refractivity contribution >= 4 is 45.8 Å². The number of carbonyl (C=O) groups excluding carboxylic acids is 2. The zero-order valence-corrected chi connectivity index (χ0v) is 18.7. The lowest BCUT2D eigenvalue weighted by molar-refractivity contribution is -0.117. The first-order chi connectivity index (χ1) is 15.5. The van der Waals surface area contributed by atoms with E-state index in [2.05, 4.69) is 33.7 Å². The number of benzene rings is 2. The Bertz CT molecular complexity index is 1110. The van der Waals surface area contributed by atoms with Crippen molar-refractivity contribution in [1.82, 2.24) is 4.90 Å². The third-order valence-electron chi connectivity index (χ3n) is 5.40. The van der Waals surface area contributed by atoms with Gasteiger partial charge >= 0.3 is 0 Å². The van der Waals surface area contributed by atoms with Crippen LogP contribution in [0.2, 0.25) is 5.02 Å². The summed E-state index contributed by atoms with van der Waals surface area (Å²) in [6.45, 7) is 4.38. The molecule has 2 heterocycles. The molecule has 1 aliphatic heterocycles. The Hall–Kier alpha value is -2.87. The maximum Gasteiger partial charge on any atom is 0.238 e. The third kappa shape index (κ3) is 5.88. The molecule has 32 heavy (non-hydrogen) atoms. The number of anilines is 2. The highest BCUT2D eigenvalue weighted by Gasteiger charge is 2.21. The van der Waals surface area contributed by atoms with E-state index in [1.807, 2.05) is 6.07 Å². The van der Waals surface area contributed by atoms with Crippen LogP contribution in [0.15, 0.2) is 53.1 Å². The summed E-state index contributed by atoms with van der Waals surface area (Å²) < 4.78 is 11.3. The molecule has 3 aromatic rings. The zero-order valence-electron chi connectivity index (χ0n) is 17.9. The Morgan fingerprint density at radius 3 is 2.84 bits per heavy atom. The van der Waals surface area contributed by atoms with Gasteiger partial charge in [-0.05, 0) is 48.2 Å². The topological polar surface area (TPSA) is 83.8 Å². The molecule has 1 unspecified atom stereocenters. The molecule has 168 valence electrons. The fourth-order valence-corrected chi connectivity index (χ4v) is 4.20. The minimum absolute atomic E-state index is 0.142. The van der Waals surface area contributed by atoms with Crippen molar-refractivity contribution in [1.29, 1.82) is 0 Å². The average molecular weight is 456 g/mol. The molecule has 0 aliphatic carbocycles. The van der Waals surface area contributed by atoms with E-state index in [-0.39, 0.29) is 24.3 Å². The minimum Gasteiger partial charge on any atom is -0.464 e. The molecule has 2 aromatic carbocycles.